The first-order chi connectivity index (χ1) is 8.44. The minimum absolute atomic E-state index is 0.133. The van der Waals surface area contributed by atoms with Crippen molar-refractivity contribution in [2.45, 2.75) is 40.0 Å². The van der Waals surface area contributed by atoms with Crippen molar-refractivity contribution in [3.63, 3.8) is 0 Å². The standard InChI is InChI=1S/C13H24N2O3/c1-4-13(5-2)6-7-15(9-13)12(18)14-8-10(3)11(16)17/h10H,4-9H2,1-3H3,(H,14,18)(H,16,17). The van der Waals surface area contributed by atoms with Gasteiger partial charge in [0.2, 0.25) is 0 Å². The maximum Gasteiger partial charge on any atom is 0.317 e. The Morgan fingerprint density at radius 3 is 2.44 bits per heavy atom. The molecule has 0 aromatic rings. The molecule has 104 valence electrons. The zero-order valence-electron chi connectivity index (χ0n) is 11.5. The predicted molar refractivity (Wildman–Crippen MR) is 69.4 cm³/mol. The van der Waals surface area contributed by atoms with Crippen molar-refractivity contribution >= 4 is 12.0 Å². The van der Waals surface area contributed by atoms with Crippen LogP contribution in [0, 0.1) is 11.3 Å². The van der Waals surface area contributed by atoms with Crippen molar-refractivity contribution in [3.8, 4) is 0 Å². The van der Waals surface area contributed by atoms with Crippen molar-refractivity contribution in [2.75, 3.05) is 19.6 Å². The van der Waals surface area contributed by atoms with Crippen LogP contribution in [0.4, 0.5) is 4.79 Å². The number of urea groups is 1. The summed E-state index contributed by atoms with van der Waals surface area (Å²) in [5, 5.41) is 11.5. The highest BCUT2D eigenvalue weighted by molar-refractivity contribution is 5.76. The second-order valence-corrected chi connectivity index (χ2v) is 5.30. The third-order valence-corrected chi connectivity index (χ3v) is 4.21. The molecule has 0 spiro atoms. The van der Waals surface area contributed by atoms with Gasteiger partial charge in [0.1, 0.15) is 0 Å². The highest BCUT2D eigenvalue weighted by Gasteiger charge is 2.36. The van der Waals surface area contributed by atoms with Gasteiger partial charge in [-0.1, -0.05) is 20.8 Å². The molecular weight excluding hydrogens is 232 g/mol. The number of amides is 2. The van der Waals surface area contributed by atoms with Crippen LogP contribution in [0.3, 0.4) is 0 Å². The summed E-state index contributed by atoms with van der Waals surface area (Å²) in [7, 11) is 0. The summed E-state index contributed by atoms with van der Waals surface area (Å²) in [4.78, 5) is 24.4. The van der Waals surface area contributed by atoms with Crippen LogP contribution >= 0.6 is 0 Å². The van der Waals surface area contributed by atoms with Crippen molar-refractivity contribution in [2.24, 2.45) is 11.3 Å². The fourth-order valence-electron chi connectivity index (χ4n) is 2.38. The van der Waals surface area contributed by atoms with Gasteiger partial charge in [-0.2, -0.15) is 0 Å². The maximum absolute atomic E-state index is 11.9. The lowest BCUT2D eigenvalue weighted by Gasteiger charge is -2.26. The van der Waals surface area contributed by atoms with E-state index in [2.05, 4.69) is 19.2 Å². The number of hydrogen-bond donors (Lipinski definition) is 2. The van der Waals surface area contributed by atoms with Crippen LogP contribution in [0.2, 0.25) is 0 Å². The number of nitrogens with zero attached hydrogens (tertiary/aromatic N) is 1. The molecule has 1 unspecified atom stereocenters. The monoisotopic (exact) mass is 256 g/mol. The molecule has 2 N–H and O–H groups in total. The van der Waals surface area contributed by atoms with E-state index in [9.17, 15) is 9.59 Å². The average Bonchev–Trinajstić information content (AvgIpc) is 2.80. The van der Waals surface area contributed by atoms with E-state index in [1.165, 1.54) is 0 Å². The van der Waals surface area contributed by atoms with Gasteiger partial charge in [-0.25, -0.2) is 4.79 Å². The molecule has 1 heterocycles. The highest BCUT2D eigenvalue weighted by atomic mass is 16.4. The summed E-state index contributed by atoms with van der Waals surface area (Å²) >= 11 is 0. The van der Waals surface area contributed by atoms with Crippen LogP contribution in [0.25, 0.3) is 0 Å². The van der Waals surface area contributed by atoms with Crippen LogP contribution in [0.15, 0.2) is 0 Å². The number of carbonyl (C=O) groups excluding carboxylic acids is 1. The number of carboxylic acid groups (broad SMARTS) is 1. The van der Waals surface area contributed by atoms with Crippen LogP contribution in [-0.4, -0.2) is 41.6 Å². The van der Waals surface area contributed by atoms with E-state index in [0.29, 0.717) is 0 Å². The summed E-state index contributed by atoms with van der Waals surface area (Å²) in [6.07, 6.45) is 3.21. The maximum atomic E-state index is 11.9. The lowest BCUT2D eigenvalue weighted by molar-refractivity contribution is -0.140. The van der Waals surface area contributed by atoms with Gasteiger partial charge in [0.25, 0.3) is 0 Å². The van der Waals surface area contributed by atoms with E-state index in [1.807, 2.05) is 4.90 Å². The van der Waals surface area contributed by atoms with Crippen molar-refractivity contribution in [1.29, 1.82) is 0 Å². The van der Waals surface area contributed by atoms with Crippen LogP contribution in [0.5, 0.6) is 0 Å². The summed E-state index contributed by atoms with van der Waals surface area (Å²) in [6, 6.07) is -0.133. The molecule has 5 heteroatoms. The fourth-order valence-corrected chi connectivity index (χ4v) is 2.38. The molecule has 1 atom stereocenters. The number of rotatable bonds is 5. The first-order valence-electron chi connectivity index (χ1n) is 6.69. The van der Waals surface area contributed by atoms with E-state index in [1.54, 1.807) is 6.92 Å². The second-order valence-electron chi connectivity index (χ2n) is 5.30. The minimum Gasteiger partial charge on any atom is -0.481 e. The average molecular weight is 256 g/mol. The molecule has 1 fully saturated rings. The van der Waals surface area contributed by atoms with E-state index in [-0.39, 0.29) is 18.0 Å². The smallest absolute Gasteiger partial charge is 0.317 e. The molecule has 0 aromatic heterocycles. The molecule has 0 aromatic carbocycles. The normalized spacial score (nSPS) is 19.6. The van der Waals surface area contributed by atoms with E-state index in [0.717, 1.165) is 32.4 Å². The number of nitrogens with one attached hydrogen (secondary N) is 1. The summed E-state index contributed by atoms with van der Waals surface area (Å²) < 4.78 is 0. The Labute approximate surface area is 109 Å². The number of carboxylic acids is 1. The lowest BCUT2D eigenvalue weighted by atomic mass is 9.82. The fraction of sp³-hybridized carbons (Fsp3) is 0.846. The van der Waals surface area contributed by atoms with Gasteiger partial charge in [-0.3, -0.25) is 4.79 Å². The van der Waals surface area contributed by atoms with Gasteiger partial charge in [-0.15, -0.1) is 0 Å². The van der Waals surface area contributed by atoms with E-state index in [4.69, 9.17) is 5.11 Å². The Bertz CT molecular complexity index is 313. The second kappa shape index (κ2) is 6.07. The molecule has 0 bridgehead atoms. The summed E-state index contributed by atoms with van der Waals surface area (Å²) in [6.45, 7) is 7.67. The zero-order valence-corrected chi connectivity index (χ0v) is 11.5. The first kappa shape index (κ1) is 14.8. The zero-order chi connectivity index (χ0) is 13.8. The Morgan fingerprint density at radius 2 is 2.00 bits per heavy atom. The summed E-state index contributed by atoms with van der Waals surface area (Å²) in [5.74, 6) is -1.42. The highest BCUT2D eigenvalue weighted by Crippen LogP contribution is 2.36. The van der Waals surface area contributed by atoms with Gasteiger partial charge < -0.3 is 15.3 Å². The molecule has 1 aliphatic heterocycles. The Morgan fingerprint density at radius 1 is 1.39 bits per heavy atom. The number of hydrogen-bond acceptors (Lipinski definition) is 2. The molecule has 1 rings (SSSR count). The molecule has 0 saturated carbocycles. The van der Waals surface area contributed by atoms with Crippen LogP contribution in [0.1, 0.15) is 40.0 Å². The van der Waals surface area contributed by atoms with Gasteiger partial charge in [0.05, 0.1) is 5.92 Å². The molecule has 2 amide bonds. The molecule has 5 nitrogen and oxygen atoms in total. The minimum atomic E-state index is -0.881. The molecule has 18 heavy (non-hydrogen) atoms. The van der Waals surface area contributed by atoms with Crippen LogP contribution < -0.4 is 5.32 Å². The molecule has 0 radical (unpaired) electrons. The van der Waals surface area contributed by atoms with E-state index >= 15 is 0 Å². The summed E-state index contributed by atoms with van der Waals surface area (Å²) in [5.41, 5.74) is 0.260. The predicted octanol–water partition coefficient (Wildman–Crippen LogP) is 1.93. The Hall–Kier alpha value is -1.26. The molecular formula is C13H24N2O3. The quantitative estimate of drug-likeness (QED) is 0.789. The molecule has 1 aliphatic rings. The van der Waals surface area contributed by atoms with Crippen molar-refractivity contribution in [1.82, 2.24) is 10.2 Å². The van der Waals surface area contributed by atoms with Crippen molar-refractivity contribution in [3.05, 3.63) is 0 Å². The topological polar surface area (TPSA) is 69.6 Å². The third kappa shape index (κ3) is 3.37. The molecule has 0 aliphatic carbocycles. The largest absolute Gasteiger partial charge is 0.481 e. The number of aliphatic carboxylic acids is 1. The van der Waals surface area contributed by atoms with Gasteiger partial charge in [0.15, 0.2) is 0 Å². The van der Waals surface area contributed by atoms with Gasteiger partial charge in [0, 0.05) is 19.6 Å². The van der Waals surface area contributed by atoms with E-state index < -0.39 is 11.9 Å². The number of carbonyl (C=O) groups is 2. The lowest BCUT2D eigenvalue weighted by Crippen LogP contribution is -2.42. The van der Waals surface area contributed by atoms with Gasteiger partial charge in [-0.05, 0) is 24.7 Å². The third-order valence-electron chi connectivity index (χ3n) is 4.21. The molecule has 1 saturated heterocycles. The van der Waals surface area contributed by atoms with Crippen molar-refractivity contribution < 1.29 is 14.7 Å². The first-order valence-corrected chi connectivity index (χ1v) is 6.69. The van der Waals surface area contributed by atoms with Gasteiger partial charge >= 0.3 is 12.0 Å². The van der Waals surface area contributed by atoms with Crippen LogP contribution in [-0.2, 0) is 4.79 Å². The SMILES string of the molecule is CCC1(CC)CCN(C(=O)NCC(C)C(=O)O)C1. The Balaban J connectivity index is 2.43. The Kier molecular flexibility index (Phi) is 4.99. The number of likely N-dealkylation sites (tertiary alicyclic amines) is 1.